The van der Waals surface area contributed by atoms with Gasteiger partial charge >= 0.3 is 18.2 Å². The van der Waals surface area contributed by atoms with Crippen molar-refractivity contribution in [3.05, 3.63) is 29.6 Å². The molecular weight excluding hydrogens is 305 g/mol. The summed E-state index contributed by atoms with van der Waals surface area (Å²) in [5.74, 6) is -1.20. The summed E-state index contributed by atoms with van der Waals surface area (Å²) >= 11 is 0. The van der Waals surface area contributed by atoms with E-state index >= 15 is 0 Å². The zero-order valence-electron chi connectivity index (χ0n) is 11.3. The Morgan fingerprint density at radius 1 is 1.18 bits per heavy atom. The third-order valence-corrected chi connectivity index (χ3v) is 3.90. The second-order valence-electron chi connectivity index (χ2n) is 5.09. The highest BCUT2D eigenvalue weighted by atomic mass is 19.4. The molecule has 0 atom stereocenters. The predicted molar refractivity (Wildman–Crippen MR) is 67.4 cm³/mol. The second kappa shape index (κ2) is 5.47. The van der Waals surface area contributed by atoms with E-state index in [1.165, 1.54) is 0 Å². The summed E-state index contributed by atoms with van der Waals surface area (Å²) in [6, 6.07) is 1.84. The van der Waals surface area contributed by atoms with Crippen LogP contribution < -0.4 is 0 Å². The van der Waals surface area contributed by atoms with Crippen molar-refractivity contribution in [2.24, 2.45) is 0 Å². The summed E-state index contributed by atoms with van der Waals surface area (Å²) < 4.78 is 37.5. The number of aromatic nitrogens is 1. The fourth-order valence-electron chi connectivity index (χ4n) is 2.55. The van der Waals surface area contributed by atoms with Crippen molar-refractivity contribution in [1.29, 1.82) is 0 Å². The summed E-state index contributed by atoms with van der Waals surface area (Å²) in [4.78, 5) is 26.9. The lowest BCUT2D eigenvalue weighted by Gasteiger charge is -2.37. The van der Waals surface area contributed by atoms with Crippen molar-refractivity contribution in [3.63, 3.8) is 0 Å². The maximum Gasteiger partial charge on any atom is 0.433 e. The zero-order valence-corrected chi connectivity index (χ0v) is 11.3. The average molecular weight is 318 g/mol. The van der Waals surface area contributed by atoms with Crippen LogP contribution in [0.2, 0.25) is 0 Å². The summed E-state index contributed by atoms with van der Waals surface area (Å²) in [7, 11) is 0. The van der Waals surface area contributed by atoms with Crippen LogP contribution >= 0.6 is 0 Å². The highest BCUT2D eigenvalue weighted by molar-refractivity contribution is 5.82. The van der Waals surface area contributed by atoms with E-state index < -0.39 is 29.3 Å². The third-order valence-electron chi connectivity index (χ3n) is 3.90. The van der Waals surface area contributed by atoms with Crippen molar-refractivity contribution in [1.82, 2.24) is 9.88 Å². The molecule has 2 heterocycles. The van der Waals surface area contributed by atoms with Gasteiger partial charge in [0, 0.05) is 19.3 Å². The number of alkyl halides is 3. The summed E-state index contributed by atoms with van der Waals surface area (Å²) in [6.45, 7) is 0.00527. The first-order valence-electron chi connectivity index (χ1n) is 6.42. The lowest BCUT2D eigenvalue weighted by Crippen LogP contribution is -2.48. The van der Waals surface area contributed by atoms with Crippen LogP contribution in [0.1, 0.15) is 24.1 Å². The van der Waals surface area contributed by atoms with Crippen LogP contribution in [0, 0.1) is 0 Å². The number of aliphatic carboxylic acids is 1. The van der Waals surface area contributed by atoms with Gasteiger partial charge in [0.2, 0.25) is 0 Å². The van der Waals surface area contributed by atoms with E-state index in [1.54, 1.807) is 0 Å². The number of halogens is 3. The molecule has 0 aliphatic carbocycles. The largest absolute Gasteiger partial charge is 0.481 e. The van der Waals surface area contributed by atoms with Crippen molar-refractivity contribution in [2.75, 3.05) is 13.1 Å². The number of amides is 1. The Bertz CT molecular complexity index is 578. The molecule has 0 saturated carbocycles. The molecule has 1 amide bonds. The molecule has 0 unspecified atom stereocenters. The van der Waals surface area contributed by atoms with Gasteiger partial charge in [-0.25, -0.2) is 4.79 Å². The van der Waals surface area contributed by atoms with Crippen LogP contribution in [0.25, 0.3) is 0 Å². The molecule has 1 aliphatic rings. The minimum atomic E-state index is -4.60. The maximum atomic E-state index is 12.5. The van der Waals surface area contributed by atoms with Crippen LogP contribution in [0.15, 0.2) is 18.3 Å². The summed E-state index contributed by atoms with van der Waals surface area (Å²) in [5, 5.41) is 18.4. The van der Waals surface area contributed by atoms with Crippen molar-refractivity contribution in [3.8, 4) is 0 Å². The SMILES string of the molecule is O=C(O)N1CCC(C(=O)O)(c2ccc(C(F)(F)F)nc2)CC1. The van der Waals surface area contributed by atoms with E-state index in [-0.39, 0.29) is 31.5 Å². The number of carboxylic acid groups (broad SMARTS) is 2. The molecule has 1 aromatic heterocycles. The van der Waals surface area contributed by atoms with Crippen molar-refractivity contribution >= 4 is 12.1 Å². The molecule has 1 fully saturated rings. The van der Waals surface area contributed by atoms with E-state index in [9.17, 15) is 27.9 Å². The van der Waals surface area contributed by atoms with E-state index in [1.807, 2.05) is 0 Å². The van der Waals surface area contributed by atoms with Gasteiger partial charge in [-0.05, 0) is 24.5 Å². The van der Waals surface area contributed by atoms with Crippen LogP contribution in [0.3, 0.4) is 0 Å². The Kier molecular flexibility index (Phi) is 3.99. The Balaban J connectivity index is 2.30. The molecule has 22 heavy (non-hydrogen) atoms. The van der Waals surface area contributed by atoms with E-state index in [4.69, 9.17) is 5.11 Å². The molecule has 0 bridgehead atoms. The number of carboxylic acids is 1. The fraction of sp³-hybridized carbons (Fsp3) is 0.462. The van der Waals surface area contributed by atoms with Crippen LogP contribution in [-0.2, 0) is 16.4 Å². The topological polar surface area (TPSA) is 90.7 Å². The quantitative estimate of drug-likeness (QED) is 0.872. The zero-order chi connectivity index (χ0) is 16.5. The lowest BCUT2D eigenvalue weighted by molar-refractivity contribution is -0.145. The first-order valence-corrected chi connectivity index (χ1v) is 6.42. The second-order valence-corrected chi connectivity index (χ2v) is 5.09. The Labute approximate surface area is 123 Å². The minimum absolute atomic E-state index is 0.00263. The number of piperidine rings is 1. The van der Waals surface area contributed by atoms with Gasteiger partial charge in [-0.3, -0.25) is 9.78 Å². The monoisotopic (exact) mass is 318 g/mol. The minimum Gasteiger partial charge on any atom is -0.481 e. The number of carbonyl (C=O) groups is 2. The van der Waals surface area contributed by atoms with Gasteiger partial charge < -0.3 is 15.1 Å². The predicted octanol–water partition coefficient (Wildman–Crippen LogP) is 2.20. The number of likely N-dealkylation sites (tertiary alicyclic amines) is 1. The molecule has 0 aromatic carbocycles. The standard InChI is InChI=1S/C13H13F3N2O4/c14-13(15,16)9-2-1-8(7-17-9)12(10(19)20)3-5-18(6-4-12)11(21)22/h1-2,7H,3-6H2,(H,19,20)(H,21,22). The molecule has 9 heteroatoms. The van der Waals surface area contributed by atoms with E-state index in [0.29, 0.717) is 0 Å². The Morgan fingerprint density at radius 2 is 1.77 bits per heavy atom. The first-order chi connectivity index (χ1) is 10.2. The third kappa shape index (κ3) is 2.83. The van der Waals surface area contributed by atoms with Gasteiger partial charge in [0.05, 0.1) is 5.41 Å². The molecule has 1 aromatic rings. The molecule has 120 valence electrons. The smallest absolute Gasteiger partial charge is 0.433 e. The van der Waals surface area contributed by atoms with Crippen molar-refractivity contribution in [2.45, 2.75) is 24.4 Å². The van der Waals surface area contributed by atoms with Gasteiger partial charge in [0.25, 0.3) is 0 Å². The number of rotatable bonds is 2. The number of pyridine rings is 1. The van der Waals surface area contributed by atoms with E-state index in [0.717, 1.165) is 23.2 Å². The summed E-state index contributed by atoms with van der Waals surface area (Å²) in [6.07, 6.45) is -4.86. The van der Waals surface area contributed by atoms with Gasteiger partial charge in [0.1, 0.15) is 5.69 Å². The van der Waals surface area contributed by atoms with Gasteiger partial charge in [0.15, 0.2) is 0 Å². The fourth-order valence-corrected chi connectivity index (χ4v) is 2.55. The van der Waals surface area contributed by atoms with Gasteiger partial charge in [-0.2, -0.15) is 13.2 Å². The van der Waals surface area contributed by atoms with Crippen LogP contribution in [-0.4, -0.2) is 45.2 Å². The maximum absolute atomic E-state index is 12.5. The molecule has 1 saturated heterocycles. The lowest BCUT2D eigenvalue weighted by atomic mass is 9.73. The number of hydrogen-bond donors (Lipinski definition) is 2. The highest BCUT2D eigenvalue weighted by Crippen LogP contribution is 2.37. The summed E-state index contributed by atoms with van der Waals surface area (Å²) in [5.41, 5.74) is -2.36. The molecule has 0 spiro atoms. The molecule has 0 radical (unpaired) electrons. The number of hydrogen-bond acceptors (Lipinski definition) is 3. The average Bonchev–Trinajstić information content (AvgIpc) is 2.46. The van der Waals surface area contributed by atoms with Crippen LogP contribution in [0.5, 0.6) is 0 Å². The molecule has 2 rings (SSSR count). The molecule has 1 aliphatic heterocycles. The van der Waals surface area contributed by atoms with Crippen LogP contribution in [0.4, 0.5) is 18.0 Å². The Hall–Kier alpha value is -2.32. The molecule has 2 N–H and O–H groups in total. The number of nitrogens with zero attached hydrogens (tertiary/aromatic N) is 2. The van der Waals surface area contributed by atoms with Gasteiger partial charge in [-0.15, -0.1) is 0 Å². The van der Waals surface area contributed by atoms with Crippen molar-refractivity contribution < 1.29 is 33.0 Å². The van der Waals surface area contributed by atoms with Gasteiger partial charge in [-0.1, -0.05) is 6.07 Å². The molecular formula is C13H13F3N2O4. The highest BCUT2D eigenvalue weighted by Gasteiger charge is 2.44. The van der Waals surface area contributed by atoms with E-state index in [2.05, 4.69) is 4.98 Å². The normalized spacial score (nSPS) is 18.0. The molecule has 6 nitrogen and oxygen atoms in total. The Morgan fingerprint density at radius 3 is 2.14 bits per heavy atom. The first kappa shape index (κ1) is 16.1.